The van der Waals surface area contributed by atoms with Gasteiger partial charge in [0.25, 0.3) is 5.91 Å². The molecule has 0 aliphatic carbocycles. The molecular weight excluding hydrogens is 306 g/mol. The van der Waals surface area contributed by atoms with Gasteiger partial charge in [0.15, 0.2) is 0 Å². The van der Waals surface area contributed by atoms with Crippen molar-refractivity contribution in [3.05, 3.63) is 42.0 Å². The maximum atomic E-state index is 12.7. The number of fused-ring (bicyclic) bond motifs is 1. The number of rotatable bonds is 6. The number of hydrogen-bond acceptors (Lipinski definition) is 4. The van der Waals surface area contributed by atoms with Crippen molar-refractivity contribution in [2.24, 2.45) is 5.92 Å². The second-order valence-electron chi connectivity index (χ2n) is 5.76. The number of amides is 1. The number of benzene rings is 2. The van der Waals surface area contributed by atoms with Crippen LogP contribution in [0.1, 0.15) is 30.6 Å². The van der Waals surface area contributed by atoms with Crippen molar-refractivity contribution in [1.82, 2.24) is 5.32 Å². The first-order chi connectivity index (χ1) is 11.5. The van der Waals surface area contributed by atoms with E-state index in [0.29, 0.717) is 11.3 Å². The first kappa shape index (κ1) is 17.8. The Morgan fingerprint density at radius 3 is 2.29 bits per heavy atom. The summed E-state index contributed by atoms with van der Waals surface area (Å²) in [6.45, 7) is 3.86. The van der Waals surface area contributed by atoms with Gasteiger partial charge in [0.05, 0.1) is 19.8 Å². The van der Waals surface area contributed by atoms with E-state index in [0.717, 1.165) is 17.2 Å². The van der Waals surface area contributed by atoms with Gasteiger partial charge in [-0.2, -0.15) is 0 Å². The lowest BCUT2D eigenvalue weighted by Gasteiger charge is -2.22. The lowest BCUT2D eigenvalue weighted by molar-refractivity contribution is -0.144. The van der Waals surface area contributed by atoms with Crippen LogP contribution in [0.5, 0.6) is 5.75 Å². The van der Waals surface area contributed by atoms with E-state index >= 15 is 0 Å². The lowest BCUT2D eigenvalue weighted by atomic mass is 9.98. The van der Waals surface area contributed by atoms with Gasteiger partial charge in [-0.05, 0) is 28.8 Å². The van der Waals surface area contributed by atoms with Gasteiger partial charge in [0.2, 0.25) is 0 Å². The van der Waals surface area contributed by atoms with Crippen LogP contribution in [0.15, 0.2) is 36.4 Å². The summed E-state index contributed by atoms with van der Waals surface area (Å²) in [6, 6.07) is 10.6. The standard InChI is InChI=1S/C19H23NO4/c1-5-12(2)17(19(22)24-4)20-18(21)15-10-13-8-6-7-9-14(13)11-16(15)23-3/h6-12,17H,5H2,1-4H3,(H,20,21)/t12-,17-/m1/s1. The summed E-state index contributed by atoms with van der Waals surface area (Å²) in [5, 5.41) is 4.70. The molecular formula is C19H23NO4. The smallest absolute Gasteiger partial charge is 0.328 e. The fraction of sp³-hybridized carbons (Fsp3) is 0.368. The Morgan fingerprint density at radius 2 is 1.75 bits per heavy atom. The van der Waals surface area contributed by atoms with Crippen LogP contribution in [0.3, 0.4) is 0 Å². The zero-order valence-electron chi connectivity index (χ0n) is 14.5. The van der Waals surface area contributed by atoms with E-state index in [1.807, 2.05) is 44.2 Å². The van der Waals surface area contributed by atoms with Gasteiger partial charge < -0.3 is 14.8 Å². The Bertz CT molecular complexity index is 741. The summed E-state index contributed by atoms with van der Waals surface area (Å²) in [7, 11) is 2.84. The van der Waals surface area contributed by atoms with Crippen molar-refractivity contribution in [1.29, 1.82) is 0 Å². The minimum atomic E-state index is -0.691. The maximum Gasteiger partial charge on any atom is 0.328 e. The molecule has 0 bridgehead atoms. The molecule has 0 spiro atoms. The fourth-order valence-corrected chi connectivity index (χ4v) is 2.58. The Labute approximate surface area is 141 Å². The molecule has 24 heavy (non-hydrogen) atoms. The number of nitrogens with one attached hydrogen (secondary N) is 1. The molecule has 0 radical (unpaired) electrons. The van der Waals surface area contributed by atoms with Gasteiger partial charge in [0, 0.05) is 0 Å². The summed E-state index contributed by atoms with van der Waals surface area (Å²) in [6.07, 6.45) is 0.745. The van der Waals surface area contributed by atoms with Gasteiger partial charge in [0.1, 0.15) is 11.8 Å². The van der Waals surface area contributed by atoms with Crippen LogP contribution in [0, 0.1) is 5.92 Å². The summed E-state index contributed by atoms with van der Waals surface area (Å²) < 4.78 is 10.2. The number of ether oxygens (including phenoxy) is 2. The van der Waals surface area contributed by atoms with Gasteiger partial charge >= 0.3 is 5.97 Å². The second kappa shape index (κ2) is 7.81. The minimum Gasteiger partial charge on any atom is -0.496 e. The molecule has 0 heterocycles. The molecule has 0 aromatic heterocycles. The Morgan fingerprint density at radius 1 is 1.12 bits per heavy atom. The molecule has 0 unspecified atom stereocenters. The summed E-state index contributed by atoms with van der Waals surface area (Å²) in [4.78, 5) is 24.7. The second-order valence-corrected chi connectivity index (χ2v) is 5.76. The monoisotopic (exact) mass is 329 g/mol. The highest BCUT2D eigenvalue weighted by molar-refractivity contribution is 6.03. The maximum absolute atomic E-state index is 12.7. The number of hydrogen-bond donors (Lipinski definition) is 1. The quantitative estimate of drug-likeness (QED) is 0.827. The normalized spacial score (nSPS) is 13.2. The van der Waals surface area contributed by atoms with Crippen LogP contribution >= 0.6 is 0 Å². The molecule has 1 N–H and O–H groups in total. The first-order valence-corrected chi connectivity index (χ1v) is 7.97. The SMILES string of the molecule is CC[C@@H](C)[C@@H](NC(=O)c1cc2ccccc2cc1OC)C(=O)OC. The average molecular weight is 329 g/mol. The predicted molar refractivity (Wildman–Crippen MR) is 93.2 cm³/mol. The van der Waals surface area contributed by atoms with Crippen molar-refractivity contribution in [3.63, 3.8) is 0 Å². The van der Waals surface area contributed by atoms with Crippen molar-refractivity contribution in [3.8, 4) is 5.75 Å². The van der Waals surface area contributed by atoms with Gasteiger partial charge in [-0.15, -0.1) is 0 Å². The van der Waals surface area contributed by atoms with E-state index in [9.17, 15) is 9.59 Å². The molecule has 0 aliphatic rings. The molecule has 2 aromatic carbocycles. The summed E-state index contributed by atoms with van der Waals surface area (Å²) >= 11 is 0. The lowest BCUT2D eigenvalue weighted by Crippen LogP contribution is -2.45. The molecule has 2 rings (SSSR count). The molecule has 2 atom stereocenters. The van der Waals surface area contributed by atoms with Crippen LogP contribution in [-0.4, -0.2) is 32.1 Å². The van der Waals surface area contributed by atoms with Gasteiger partial charge in [-0.25, -0.2) is 4.79 Å². The molecule has 128 valence electrons. The van der Waals surface area contributed by atoms with Crippen LogP contribution in [0.25, 0.3) is 10.8 Å². The van der Waals surface area contributed by atoms with E-state index < -0.39 is 12.0 Å². The van der Waals surface area contributed by atoms with Crippen LogP contribution in [0.2, 0.25) is 0 Å². The third-order valence-corrected chi connectivity index (χ3v) is 4.27. The first-order valence-electron chi connectivity index (χ1n) is 7.97. The Balaban J connectivity index is 2.37. The number of esters is 1. The topological polar surface area (TPSA) is 64.6 Å². The molecule has 2 aromatic rings. The zero-order valence-corrected chi connectivity index (χ0v) is 14.5. The zero-order chi connectivity index (χ0) is 17.7. The highest BCUT2D eigenvalue weighted by atomic mass is 16.5. The van der Waals surface area contributed by atoms with E-state index in [1.54, 1.807) is 6.07 Å². The largest absolute Gasteiger partial charge is 0.496 e. The van der Waals surface area contributed by atoms with Crippen molar-refractivity contribution in [2.75, 3.05) is 14.2 Å². The molecule has 0 aliphatic heterocycles. The highest BCUT2D eigenvalue weighted by Gasteiger charge is 2.28. The highest BCUT2D eigenvalue weighted by Crippen LogP contribution is 2.26. The van der Waals surface area contributed by atoms with Crippen molar-refractivity contribution in [2.45, 2.75) is 26.3 Å². The van der Waals surface area contributed by atoms with Gasteiger partial charge in [-0.3, -0.25) is 4.79 Å². The number of carbonyl (C=O) groups is 2. The van der Waals surface area contributed by atoms with E-state index in [1.165, 1.54) is 14.2 Å². The third kappa shape index (κ3) is 3.67. The summed E-state index contributed by atoms with van der Waals surface area (Å²) in [5.41, 5.74) is 0.397. The molecule has 0 saturated carbocycles. The molecule has 0 fully saturated rings. The fourth-order valence-electron chi connectivity index (χ4n) is 2.58. The van der Waals surface area contributed by atoms with Crippen LogP contribution < -0.4 is 10.1 Å². The molecule has 5 nitrogen and oxygen atoms in total. The van der Waals surface area contributed by atoms with Crippen molar-refractivity contribution < 1.29 is 19.1 Å². The number of carbonyl (C=O) groups excluding carboxylic acids is 2. The molecule has 5 heteroatoms. The predicted octanol–water partition coefficient (Wildman–Crippen LogP) is 3.17. The van der Waals surface area contributed by atoms with Crippen LogP contribution in [0.4, 0.5) is 0 Å². The van der Waals surface area contributed by atoms with E-state index in [-0.39, 0.29) is 11.8 Å². The summed E-state index contributed by atoms with van der Waals surface area (Å²) in [5.74, 6) is -0.363. The minimum absolute atomic E-state index is 0.0344. The van der Waals surface area contributed by atoms with Crippen LogP contribution in [-0.2, 0) is 9.53 Å². The Kier molecular flexibility index (Phi) is 5.79. The average Bonchev–Trinajstić information content (AvgIpc) is 2.63. The van der Waals surface area contributed by atoms with E-state index in [4.69, 9.17) is 9.47 Å². The molecule has 0 saturated heterocycles. The van der Waals surface area contributed by atoms with Gasteiger partial charge in [-0.1, -0.05) is 44.5 Å². The van der Waals surface area contributed by atoms with E-state index in [2.05, 4.69) is 5.32 Å². The Hall–Kier alpha value is -2.56. The van der Waals surface area contributed by atoms with Crippen molar-refractivity contribution >= 4 is 22.6 Å². The third-order valence-electron chi connectivity index (χ3n) is 4.27. The number of methoxy groups -OCH3 is 2. The molecule has 1 amide bonds.